The summed E-state index contributed by atoms with van der Waals surface area (Å²) >= 11 is 0. The van der Waals surface area contributed by atoms with Crippen LogP contribution in [0.15, 0.2) is 24.3 Å². The van der Waals surface area contributed by atoms with E-state index < -0.39 is 17.9 Å². The van der Waals surface area contributed by atoms with Crippen LogP contribution in [0, 0.1) is 5.92 Å². The van der Waals surface area contributed by atoms with Crippen LogP contribution in [0.5, 0.6) is 5.75 Å². The number of phenolic OH excluding ortho intramolecular Hbond substituents is 1. The van der Waals surface area contributed by atoms with Crippen LogP contribution in [0.25, 0.3) is 0 Å². The number of rotatable bonds is 7. The van der Waals surface area contributed by atoms with Crippen molar-refractivity contribution in [3.05, 3.63) is 29.8 Å². The van der Waals surface area contributed by atoms with Crippen LogP contribution < -0.4 is 0 Å². The molecule has 0 saturated carbocycles. The molecule has 5 nitrogen and oxygen atoms in total. The highest BCUT2D eigenvalue weighted by molar-refractivity contribution is 5.80. The maximum atomic E-state index is 11.9. The second-order valence-corrected chi connectivity index (χ2v) is 4.33. The molecule has 1 aromatic rings. The van der Waals surface area contributed by atoms with E-state index in [4.69, 9.17) is 9.47 Å². The lowest BCUT2D eigenvalue weighted by Gasteiger charge is -2.15. The molecule has 0 bridgehead atoms. The number of carbonyl (C=O) groups excluding carboxylic acids is 2. The highest BCUT2D eigenvalue weighted by atomic mass is 16.5. The smallest absolute Gasteiger partial charge is 0.309 e. The summed E-state index contributed by atoms with van der Waals surface area (Å²) in [6.45, 7) is 4.00. The number of benzene rings is 1. The van der Waals surface area contributed by atoms with Gasteiger partial charge in [0, 0.05) is 0 Å². The van der Waals surface area contributed by atoms with Gasteiger partial charge < -0.3 is 14.6 Å². The van der Waals surface area contributed by atoms with E-state index in [1.807, 2.05) is 0 Å². The minimum atomic E-state index is -0.571. The first kappa shape index (κ1) is 16.0. The lowest BCUT2D eigenvalue weighted by atomic mass is 9.96. The van der Waals surface area contributed by atoms with Gasteiger partial charge in [-0.15, -0.1) is 0 Å². The van der Waals surface area contributed by atoms with Gasteiger partial charge in [-0.05, 0) is 38.0 Å². The fourth-order valence-corrected chi connectivity index (χ4v) is 1.84. The van der Waals surface area contributed by atoms with Gasteiger partial charge >= 0.3 is 11.9 Å². The zero-order valence-electron chi connectivity index (χ0n) is 11.8. The van der Waals surface area contributed by atoms with Crippen molar-refractivity contribution >= 4 is 11.9 Å². The third-order valence-corrected chi connectivity index (χ3v) is 2.76. The van der Waals surface area contributed by atoms with E-state index in [9.17, 15) is 14.7 Å². The fourth-order valence-electron chi connectivity index (χ4n) is 1.84. The standard InChI is InChI=1S/C15H20O5/c1-3-19-14(17)10-12(15(18)20-4-2)9-11-5-7-13(16)8-6-11/h5-8,12,16H,3-4,9-10H2,1-2H3/t12-/m0/s1. The zero-order chi connectivity index (χ0) is 15.0. The van der Waals surface area contributed by atoms with Crippen LogP contribution in [0.4, 0.5) is 0 Å². The van der Waals surface area contributed by atoms with Crippen LogP contribution in [0.3, 0.4) is 0 Å². The van der Waals surface area contributed by atoms with Crippen molar-refractivity contribution in [2.45, 2.75) is 26.7 Å². The molecule has 0 unspecified atom stereocenters. The van der Waals surface area contributed by atoms with Crippen molar-refractivity contribution in [3.8, 4) is 5.75 Å². The Balaban J connectivity index is 2.73. The summed E-state index contributed by atoms with van der Waals surface area (Å²) in [6, 6.07) is 6.52. The van der Waals surface area contributed by atoms with Gasteiger partial charge in [-0.2, -0.15) is 0 Å². The van der Waals surface area contributed by atoms with E-state index >= 15 is 0 Å². The topological polar surface area (TPSA) is 72.8 Å². The normalized spacial score (nSPS) is 11.7. The summed E-state index contributed by atoms with van der Waals surface area (Å²) < 4.78 is 9.85. The van der Waals surface area contributed by atoms with Crippen LogP contribution in [-0.4, -0.2) is 30.3 Å². The van der Waals surface area contributed by atoms with Crippen LogP contribution >= 0.6 is 0 Å². The Morgan fingerprint density at radius 1 is 1.10 bits per heavy atom. The molecule has 0 saturated heterocycles. The van der Waals surface area contributed by atoms with Gasteiger partial charge in [-0.25, -0.2) is 0 Å². The molecule has 0 fully saturated rings. The summed E-state index contributed by atoms with van der Waals surface area (Å²) in [7, 11) is 0. The molecule has 0 heterocycles. The summed E-state index contributed by atoms with van der Waals surface area (Å²) in [5.74, 6) is -1.23. The molecule has 0 spiro atoms. The van der Waals surface area contributed by atoms with Gasteiger partial charge in [0.15, 0.2) is 0 Å². The van der Waals surface area contributed by atoms with Crippen molar-refractivity contribution in [3.63, 3.8) is 0 Å². The van der Waals surface area contributed by atoms with Gasteiger partial charge in [0.2, 0.25) is 0 Å². The molecular weight excluding hydrogens is 260 g/mol. The first-order valence-corrected chi connectivity index (χ1v) is 6.67. The van der Waals surface area contributed by atoms with Gasteiger partial charge in [-0.3, -0.25) is 9.59 Å². The molecule has 110 valence electrons. The monoisotopic (exact) mass is 280 g/mol. The average molecular weight is 280 g/mol. The van der Waals surface area contributed by atoms with Crippen molar-refractivity contribution in [1.82, 2.24) is 0 Å². The number of hydrogen-bond donors (Lipinski definition) is 1. The second kappa shape index (κ2) is 8.19. The molecule has 0 aliphatic rings. The van der Waals surface area contributed by atoms with Crippen molar-refractivity contribution < 1.29 is 24.2 Å². The van der Waals surface area contributed by atoms with E-state index in [2.05, 4.69) is 0 Å². The summed E-state index contributed by atoms with van der Waals surface area (Å²) in [5.41, 5.74) is 0.852. The largest absolute Gasteiger partial charge is 0.508 e. The summed E-state index contributed by atoms with van der Waals surface area (Å²) in [4.78, 5) is 23.4. The molecule has 5 heteroatoms. The first-order chi connectivity index (χ1) is 9.56. The molecule has 1 atom stereocenters. The highest BCUT2D eigenvalue weighted by Crippen LogP contribution is 2.17. The van der Waals surface area contributed by atoms with Crippen molar-refractivity contribution in [2.75, 3.05) is 13.2 Å². The predicted octanol–water partition coefficient (Wildman–Crippen LogP) is 2.07. The summed E-state index contributed by atoms with van der Waals surface area (Å²) in [6.07, 6.45) is 0.367. The minimum absolute atomic E-state index is 0.00640. The Morgan fingerprint density at radius 3 is 2.25 bits per heavy atom. The lowest BCUT2D eigenvalue weighted by molar-refractivity contribution is -0.154. The van der Waals surface area contributed by atoms with Crippen LogP contribution in [0.1, 0.15) is 25.8 Å². The molecule has 0 aliphatic carbocycles. The Hall–Kier alpha value is -2.04. The Kier molecular flexibility index (Phi) is 6.56. The SMILES string of the molecule is CCOC(=O)C[C@H](Cc1ccc(O)cc1)C(=O)OCC. The number of carbonyl (C=O) groups is 2. The van der Waals surface area contributed by atoms with Crippen molar-refractivity contribution in [2.24, 2.45) is 5.92 Å². The molecule has 0 radical (unpaired) electrons. The van der Waals surface area contributed by atoms with Crippen molar-refractivity contribution in [1.29, 1.82) is 0 Å². The number of phenols is 1. The Labute approximate surface area is 118 Å². The molecule has 20 heavy (non-hydrogen) atoms. The maximum absolute atomic E-state index is 11.9. The number of esters is 2. The molecule has 0 aromatic heterocycles. The molecule has 0 amide bonds. The average Bonchev–Trinajstić information content (AvgIpc) is 2.41. The number of hydrogen-bond acceptors (Lipinski definition) is 5. The molecule has 1 N–H and O–H groups in total. The zero-order valence-corrected chi connectivity index (χ0v) is 11.8. The molecular formula is C15H20O5. The quantitative estimate of drug-likeness (QED) is 0.774. The van der Waals surface area contributed by atoms with Gasteiger partial charge in [0.1, 0.15) is 5.75 Å². The molecule has 1 aromatic carbocycles. The van der Waals surface area contributed by atoms with E-state index in [1.54, 1.807) is 38.1 Å². The number of aromatic hydroxyl groups is 1. The van der Waals surface area contributed by atoms with Crippen LogP contribution in [0.2, 0.25) is 0 Å². The Bertz CT molecular complexity index is 438. The molecule has 0 aliphatic heterocycles. The Morgan fingerprint density at radius 2 is 1.70 bits per heavy atom. The maximum Gasteiger partial charge on any atom is 0.309 e. The highest BCUT2D eigenvalue weighted by Gasteiger charge is 2.24. The molecule has 1 rings (SSSR count). The lowest BCUT2D eigenvalue weighted by Crippen LogP contribution is -2.24. The van der Waals surface area contributed by atoms with E-state index in [0.29, 0.717) is 6.42 Å². The third kappa shape index (κ3) is 5.30. The third-order valence-electron chi connectivity index (χ3n) is 2.76. The predicted molar refractivity (Wildman–Crippen MR) is 73.2 cm³/mol. The van der Waals surface area contributed by atoms with E-state index in [1.165, 1.54) is 0 Å². The van der Waals surface area contributed by atoms with Crippen LogP contribution in [-0.2, 0) is 25.5 Å². The second-order valence-electron chi connectivity index (χ2n) is 4.33. The van der Waals surface area contributed by atoms with Gasteiger partial charge in [0.05, 0.1) is 25.6 Å². The van der Waals surface area contributed by atoms with Gasteiger partial charge in [0.25, 0.3) is 0 Å². The van der Waals surface area contributed by atoms with Gasteiger partial charge in [-0.1, -0.05) is 12.1 Å². The van der Waals surface area contributed by atoms with E-state index in [-0.39, 0.29) is 25.4 Å². The number of ether oxygens (including phenoxy) is 2. The first-order valence-electron chi connectivity index (χ1n) is 6.67. The fraction of sp³-hybridized carbons (Fsp3) is 0.467. The van der Waals surface area contributed by atoms with E-state index in [0.717, 1.165) is 5.56 Å². The minimum Gasteiger partial charge on any atom is -0.508 e. The summed E-state index contributed by atoms with van der Waals surface area (Å²) in [5, 5.41) is 9.23.